The first-order valence-electron chi connectivity index (χ1n) is 4.54. The van der Waals surface area contributed by atoms with Gasteiger partial charge in [-0.25, -0.2) is 0 Å². The fourth-order valence-electron chi connectivity index (χ4n) is 1.57. The Morgan fingerprint density at radius 2 is 2.31 bits per heavy atom. The summed E-state index contributed by atoms with van der Waals surface area (Å²) in [6, 6.07) is 0.274. The van der Waals surface area contributed by atoms with Crippen LogP contribution in [0.15, 0.2) is 0 Å². The van der Waals surface area contributed by atoms with Crippen LogP contribution in [0.2, 0.25) is 0 Å². The SMILES string of the molecule is COC1OCCCC1N(C)C(C)=S. The molecule has 1 rings (SSSR count). The molecule has 2 unspecified atom stereocenters. The third-order valence-electron chi connectivity index (χ3n) is 2.47. The minimum atomic E-state index is -0.128. The van der Waals surface area contributed by atoms with E-state index in [0.29, 0.717) is 0 Å². The molecule has 0 aromatic heterocycles. The minimum Gasteiger partial charge on any atom is -0.361 e. The van der Waals surface area contributed by atoms with E-state index in [0.717, 1.165) is 24.4 Å². The highest BCUT2D eigenvalue weighted by Gasteiger charge is 2.29. The zero-order valence-electron chi connectivity index (χ0n) is 8.45. The minimum absolute atomic E-state index is 0.128. The van der Waals surface area contributed by atoms with Crippen LogP contribution in [0.25, 0.3) is 0 Å². The molecular weight excluding hydrogens is 186 g/mol. The predicted molar refractivity (Wildman–Crippen MR) is 55.8 cm³/mol. The van der Waals surface area contributed by atoms with Crippen molar-refractivity contribution in [2.24, 2.45) is 0 Å². The van der Waals surface area contributed by atoms with Gasteiger partial charge in [0.1, 0.15) is 0 Å². The summed E-state index contributed by atoms with van der Waals surface area (Å²) in [5.74, 6) is 0. The lowest BCUT2D eigenvalue weighted by atomic mass is 10.1. The monoisotopic (exact) mass is 203 g/mol. The number of methoxy groups -OCH3 is 1. The van der Waals surface area contributed by atoms with Crippen molar-refractivity contribution in [1.82, 2.24) is 4.90 Å². The average Bonchev–Trinajstić information content (AvgIpc) is 2.16. The number of ether oxygens (including phenoxy) is 2. The zero-order chi connectivity index (χ0) is 9.84. The Bertz CT molecular complexity index is 186. The van der Waals surface area contributed by atoms with Crippen molar-refractivity contribution in [3.8, 4) is 0 Å². The molecule has 1 heterocycles. The standard InChI is InChI=1S/C9H17NO2S/c1-7(13)10(2)8-5-4-6-12-9(8)11-3/h8-9H,4-6H2,1-3H3. The van der Waals surface area contributed by atoms with Crippen molar-refractivity contribution in [3.63, 3.8) is 0 Å². The Labute approximate surface area is 85.0 Å². The number of nitrogens with zero attached hydrogens (tertiary/aromatic N) is 1. The lowest BCUT2D eigenvalue weighted by Gasteiger charge is -2.37. The highest BCUT2D eigenvalue weighted by Crippen LogP contribution is 2.19. The van der Waals surface area contributed by atoms with Gasteiger partial charge in [0.2, 0.25) is 0 Å². The van der Waals surface area contributed by atoms with Crippen LogP contribution in [-0.2, 0) is 9.47 Å². The largest absolute Gasteiger partial charge is 0.361 e. The van der Waals surface area contributed by atoms with Crippen LogP contribution >= 0.6 is 12.2 Å². The third-order valence-corrected chi connectivity index (χ3v) is 2.75. The maximum atomic E-state index is 5.49. The predicted octanol–water partition coefficient (Wildman–Crippen LogP) is 1.42. The van der Waals surface area contributed by atoms with E-state index in [4.69, 9.17) is 21.7 Å². The Morgan fingerprint density at radius 1 is 1.62 bits per heavy atom. The van der Waals surface area contributed by atoms with Crippen LogP contribution in [0, 0.1) is 0 Å². The summed E-state index contributed by atoms with van der Waals surface area (Å²) >= 11 is 5.11. The molecule has 2 atom stereocenters. The molecule has 1 aliphatic rings. The van der Waals surface area contributed by atoms with Gasteiger partial charge in [-0.15, -0.1) is 0 Å². The quantitative estimate of drug-likeness (QED) is 0.633. The number of rotatable bonds is 2. The van der Waals surface area contributed by atoms with E-state index < -0.39 is 0 Å². The molecule has 0 amide bonds. The van der Waals surface area contributed by atoms with Crippen molar-refractivity contribution >= 4 is 17.2 Å². The molecule has 0 aromatic carbocycles. The van der Waals surface area contributed by atoms with Crippen LogP contribution in [0.1, 0.15) is 19.8 Å². The van der Waals surface area contributed by atoms with Crippen molar-refractivity contribution < 1.29 is 9.47 Å². The molecule has 13 heavy (non-hydrogen) atoms. The highest BCUT2D eigenvalue weighted by atomic mass is 32.1. The van der Waals surface area contributed by atoms with Gasteiger partial charge >= 0.3 is 0 Å². The van der Waals surface area contributed by atoms with Crippen molar-refractivity contribution in [1.29, 1.82) is 0 Å². The Balaban J connectivity index is 2.58. The first-order valence-corrected chi connectivity index (χ1v) is 4.95. The maximum Gasteiger partial charge on any atom is 0.177 e. The molecule has 1 saturated heterocycles. The van der Waals surface area contributed by atoms with E-state index in [-0.39, 0.29) is 12.3 Å². The van der Waals surface area contributed by atoms with Gasteiger partial charge in [-0.2, -0.15) is 0 Å². The number of thiocarbonyl (C=S) groups is 1. The fraction of sp³-hybridized carbons (Fsp3) is 0.889. The molecule has 3 nitrogen and oxygen atoms in total. The molecule has 0 N–H and O–H groups in total. The Hall–Kier alpha value is -0.190. The van der Waals surface area contributed by atoms with E-state index in [1.54, 1.807) is 7.11 Å². The van der Waals surface area contributed by atoms with Crippen LogP contribution < -0.4 is 0 Å². The average molecular weight is 203 g/mol. The summed E-state index contributed by atoms with van der Waals surface area (Å²) in [6.45, 7) is 2.72. The van der Waals surface area contributed by atoms with Crippen LogP contribution in [0.4, 0.5) is 0 Å². The van der Waals surface area contributed by atoms with Gasteiger partial charge in [-0.3, -0.25) is 0 Å². The molecule has 4 heteroatoms. The van der Waals surface area contributed by atoms with Crippen LogP contribution in [0.5, 0.6) is 0 Å². The van der Waals surface area contributed by atoms with E-state index in [9.17, 15) is 0 Å². The first kappa shape index (κ1) is 10.9. The van der Waals surface area contributed by atoms with E-state index in [1.165, 1.54) is 0 Å². The second-order valence-electron chi connectivity index (χ2n) is 3.31. The normalized spacial score (nSPS) is 28.5. The second kappa shape index (κ2) is 4.88. The molecule has 76 valence electrons. The molecule has 1 fully saturated rings. The number of hydrogen-bond donors (Lipinski definition) is 0. The van der Waals surface area contributed by atoms with Crippen molar-refractivity contribution in [2.45, 2.75) is 32.1 Å². The zero-order valence-corrected chi connectivity index (χ0v) is 9.26. The number of likely N-dealkylation sites (N-methyl/N-ethyl adjacent to an activating group) is 1. The summed E-state index contributed by atoms with van der Waals surface area (Å²) in [5.41, 5.74) is 0. The molecule has 1 aliphatic heterocycles. The van der Waals surface area contributed by atoms with Gasteiger partial charge in [-0.05, 0) is 19.8 Å². The van der Waals surface area contributed by atoms with E-state index in [1.807, 2.05) is 14.0 Å². The maximum absolute atomic E-state index is 5.49. The molecule has 0 bridgehead atoms. The molecule has 0 spiro atoms. The molecule has 0 aromatic rings. The summed E-state index contributed by atoms with van der Waals surface area (Å²) in [6.07, 6.45) is 2.04. The Morgan fingerprint density at radius 3 is 2.85 bits per heavy atom. The lowest BCUT2D eigenvalue weighted by molar-refractivity contribution is -0.174. The summed E-state index contributed by atoms with van der Waals surface area (Å²) in [7, 11) is 3.67. The van der Waals surface area contributed by atoms with E-state index in [2.05, 4.69) is 4.90 Å². The number of hydrogen-bond acceptors (Lipinski definition) is 3. The topological polar surface area (TPSA) is 21.7 Å². The highest BCUT2D eigenvalue weighted by molar-refractivity contribution is 7.80. The summed E-state index contributed by atoms with van der Waals surface area (Å²) in [4.78, 5) is 2.94. The Kier molecular flexibility index (Phi) is 4.09. The molecule has 0 radical (unpaired) electrons. The van der Waals surface area contributed by atoms with Gasteiger partial charge in [0.15, 0.2) is 6.29 Å². The molecular formula is C9H17NO2S. The van der Waals surface area contributed by atoms with Crippen LogP contribution in [-0.4, -0.2) is 43.0 Å². The first-order chi connectivity index (χ1) is 6.16. The third kappa shape index (κ3) is 2.62. The lowest BCUT2D eigenvalue weighted by Crippen LogP contribution is -2.47. The van der Waals surface area contributed by atoms with E-state index >= 15 is 0 Å². The summed E-state index contributed by atoms with van der Waals surface area (Å²) in [5, 5.41) is 0. The van der Waals surface area contributed by atoms with Gasteiger partial charge in [0, 0.05) is 20.8 Å². The van der Waals surface area contributed by atoms with Gasteiger partial charge in [0.25, 0.3) is 0 Å². The fourth-order valence-corrected chi connectivity index (χ4v) is 1.71. The van der Waals surface area contributed by atoms with Crippen LogP contribution in [0.3, 0.4) is 0 Å². The van der Waals surface area contributed by atoms with Gasteiger partial charge in [-0.1, -0.05) is 12.2 Å². The molecule has 0 aliphatic carbocycles. The van der Waals surface area contributed by atoms with Gasteiger partial charge < -0.3 is 14.4 Å². The summed E-state index contributed by atoms with van der Waals surface area (Å²) < 4.78 is 10.7. The smallest absolute Gasteiger partial charge is 0.177 e. The molecule has 0 saturated carbocycles. The van der Waals surface area contributed by atoms with Gasteiger partial charge in [0.05, 0.1) is 11.0 Å². The van der Waals surface area contributed by atoms with Crippen molar-refractivity contribution in [2.75, 3.05) is 20.8 Å². The van der Waals surface area contributed by atoms with Crippen molar-refractivity contribution in [3.05, 3.63) is 0 Å². The second-order valence-corrected chi connectivity index (χ2v) is 3.91.